The minimum atomic E-state index is 0.450. The van der Waals surface area contributed by atoms with Gasteiger partial charge in [-0.15, -0.1) is 0 Å². The quantitative estimate of drug-likeness (QED) is 0.816. The van der Waals surface area contributed by atoms with Crippen LogP contribution in [0.25, 0.3) is 0 Å². The van der Waals surface area contributed by atoms with E-state index >= 15 is 0 Å². The van der Waals surface area contributed by atoms with Gasteiger partial charge in [-0.2, -0.15) is 0 Å². The first-order valence-electron chi connectivity index (χ1n) is 7.54. The van der Waals surface area contributed by atoms with Crippen LogP contribution < -0.4 is 5.73 Å². The van der Waals surface area contributed by atoms with Crippen molar-refractivity contribution in [1.29, 1.82) is 0 Å². The molecule has 4 atom stereocenters. The number of hydrogen-bond acceptors (Lipinski definition) is 2. The smallest absolute Gasteiger partial charge is 0.0576 e. The maximum atomic E-state index is 6.29. The minimum absolute atomic E-state index is 0.450. The first-order valence-corrected chi connectivity index (χ1v) is 7.54. The Morgan fingerprint density at radius 2 is 2.00 bits per heavy atom. The van der Waals surface area contributed by atoms with E-state index in [0.29, 0.717) is 12.1 Å². The molecule has 2 rings (SSSR count). The van der Waals surface area contributed by atoms with Gasteiger partial charge in [-0.1, -0.05) is 13.8 Å². The third kappa shape index (κ3) is 3.69. The van der Waals surface area contributed by atoms with Crippen molar-refractivity contribution in [3.63, 3.8) is 0 Å². The van der Waals surface area contributed by atoms with Crippen molar-refractivity contribution in [3.05, 3.63) is 0 Å². The molecule has 0 aromatic carbocycles. The van der Waals surface area contributed by atoms with Crippen molar-refractivity contribution in [2.45, 2.75) is 70.9 Å². The molecule has 0 aromatic heterocycles. The van der Waals surface area contributed by atoms with E-state index in [1.165, 1.54) is 44.9 Å². The fourth-order valence-corrected chi connectivity index (χ4v) is 3.53. The molecule has 1 saturated heterocycles. The topological polar surface area (TPSA) is 35.2 Å². The van der Waals surface area contributed by atoms with Crippen LogP contribution in [0.2, 0.25) is 0 Å². The van der Waals surface area contributed by atoms with E-state index in [0.717, 1.165) is 24.4 Å². The molecule has 1 saturated carbocycles. The second kappa shape index (κ2) is 6.19. The number of ether oxygens (including phenoxy) is 1. The molecule has 2 aliphatic rings. The lowest BCUT2D eigenvalue weighted by molar-refractivity contribution is 0.0889. The van der Waals surface area contributed by atoms with Crippen molar-refractivity contribution >= 4 is 0 Å². The van der Waals surface area contributed by atoms with E-state index in [9.17, 15) is 0 Å². The number of rotatable bonds is 4. The molecule has 1 aliphatic carbocycles. The molecule has 100 valence electrons. The van der Waals surface area contributed by atoms with Crippen molar-refractivity contribution in [2.75, 3.05) is 6.61 Å². The summed E-state index contributed by atoms with van der Waals surface area (Å²) in [6, 6.07) is 0.450. The van der Waals surface area contributed by atoms with Crippen LogP contribution in [-0.4, -0.2) is 18.8 Å². The predicted octanol–water partition coefficient (Wildman–Crippen LogP) is 3.35. The van der Waals surface area contributed by atoms with Crippen molar-refractivity contribution < 1.29 is 4.74 Å². The van der Waals surface area contributed by atoms with Gasteiger partial charge in [0.2, 0.25) is 0 Å². The zero-order chi connectivity index (χ0) is 12.3. The summed E-state index contributed by atoms with van der Waals surface area (Å²) < 4.78 is 5.71. The maximum absolute atomic E-state index is 6.29. The van der Waals surface area contributed by atoms with Crippen LogP contribution in [0.5, 0.6) is 0 Å². The Balaban J connectivity index is 1.76. The monoisotopic (exact) mass is 239 g/mol. The van der Waals surface area contributed by atoms with Gasteiger partial charge in [0.25, 0.3) is 0 Å². The average molecular weight is 239 g/mol. The summed E-state index contributed by atoms with van der Waals surface area (Å²) in [7, 11) is 0. The normalized spacial score (nSPS) is 38.8. The second-order valence-corrected chi connectivity index (χ2v) is 6.45. The Hall–Kier alpha value is -0.0800. The average Bonchev–Trinajstić information content (AvgIpc) is 2.80. The maximum Gasteiger partial charge on any atom is 0.0576 e. The zero-order valence-electron chi connectivity index (χ0n) is 11.5. The van der Waals surface area contributed by atoms with E-state index in [1.807, 2.05) is 0 Å². The Morgan fingerprint density at radius 3 is 2.65 bits per heavy atom. The first kappa shape index (κ1) is 13.4. The third-order valence-electron chi connectivity index (χ3n) is 4.91. The van der Waals surface area contributed by atoms with Crippen LogP contribution in [-0.2, 0) is 4.74 Å². The van der Waals surface area contributed by atoms with Crippen LogP contribution in [0.3, 0.4) is 0 Å². The SMILES string of the molecule is CC(C)C1CCC(N)C(CCC2CCCO2)C1. The van der Waals surface area contributed by atoms with Gasteiger partial charge in [-0.25, -0.2) is 0 Å². The summed E-state index contributed by atoms with van der Waals surface area (Å²) in [5.41, 5.74) is 6.29. The van der Waals surface area contributed by atoms with E-state index in [2.05, 4.69) is 13.8 Å². The molecule has 2 heteroatoms. The van der Waals surface area contributed by atoms with Gasteiger partial charge in [-0.05, 0) is 62.7 Å². The van der Waals surface area contributed by atoms with E-state index in [1.54, 1.807) is 0 Å². The highest BCUT2D eigenvalue weighted by Gasteiger charge is 2.30. The van der Waals surface area contributed by atoms with Gasteiger partial charge in [0.15, 0.2) is 0 Å². The second-order valence-electron chi connectivity index (χ2n) is 6.45. The molecule has 0 radical (unpaired) electrons. The van der Waals surface area contributed by atoms with Crippen LogP contribution >= 0.6 is 0 Å². The fourth-order valence-electron chi connectivity index (χ4n) is 3.53. The van der Waals surface area contributed by atoms with Gasteiger partial charge in [0.05, 0.1) is 6.10 Å². The number of nitrogens with two attached hydrogens (primary N) is 1. The third-order valence-corrected chi connectivity index (χ3v) is 4.91. The fraction of sp³-hybridized carbons (Fsp3) is 1.00. The summed E-state index contributed by atoms with van der Waals surface area (Å²) in [6.07, 6.45) is 9.53. The van der Waals surface area contributed by atoms with E-state index in [4.69, 9.17) is 10.5 Å². The first-order chi connectivity index (χ1) is 8.16. The summed E-state index contributed by atoms with van der Waals surface area (Å²) in [4.78, 5) is 0. The predicted molar refractivity (Wildman–Crippen MR) is 71.9 cm³/mol. The van der Waals surface area contributed by atoms with Gasteiger partial charge in [0, 0.05) is 12.6 Å². The van der Waals surface area contributed by atoms with Gasteiger partial charge in [-0.3, -0.25) is 0 Å². The lowest BCUT2D eigenvalue weighted by Crippen LogP contribution is -2.37. The molecular weight excluding hydrogens is 210 g/mol. The molecular formula is C15H29NO. The Morgan fingerprint density at radius 1 is 1.18 bits per heavy atom. The lowest BCUT2D eigenvalue weighted by Gasteiger charge is -2.36. The molecule has 2 N–H and O–H groups in total. The molecule has 17 heavy (non-hydrogen) atoms. The largest absolute Gasteiger partial charge is 0.378 e. The van der Waals surface area contributed by atoms with Crippen molar-refractivity contribution in [2.24, 2.45) is 23.5 Å². The Bertz CT molecular complexity index is 223. The molecule has 2 fully saturated rings. The van der Waals surface area contributed by atoms with Crippen molar-refractivity contribution in [1.82, 2.24) is 0 Å². The van der Waals surface area contributed by atoms with E-state index in [-0.39, 0.29) is 0 Å². The Labute approximate surface area is 106 Å². The van der Waals surface area contributed by atoms with Crippen LogP contribution in [0.4, 0.5) is 0 Å². The highest BCUT2D eigenvalue weighted by atomic mass is 16.5. The molecule has 4 unspecified atom stereocenters. The summed E-state index contributed by atoms with van der Waals surface area (Å²) in [6.45, 7) is 5.70. The zero-order valence-corrected chi connectivity index (χ0v) is 11.5. The van der Waals surface area contributed by atoms with E-state index < -0.39 is 0 Å². The molecule has 1 aliphatic heterocycles. The van der Waals surface area contributed by atoms with Crippen LogP contribution in [0, 0.1) is 17.8 Å². The van der Waals surface area contributed by atoms with Gasteiger partial charge >= 0.3 is 0 Å². The minimum Gasteiger partial charge on any atom is -0.378 e. The lowest BCUT2D eigenvalue weighted by atomic mass is 9.72. The standard InChI is InChI=1S/C15H29NO/c1-11(2)12-6-8-15(16)13(10-12)5-7-14-4-3-9-17-14/h11-15H,3-10,16H2,1-2H3. The molecule has 0 spiro atoms. The molecule has 0 aromatic rings. The van der Waals surface area contributed by atoms with Crippen LogP contribution in [0.1, 0.15) is 58.8 Å². The Kier molecular flexibility index (Phi) is 4.87. The van der Waals surface area contributed by atoms with Crippen molar-refractivity contribution in [3.8, 4) is 0 Å². The van der Waals surface area contributed by atoms with Gasteiger partial charge in [0.1, 0.15) is 0 Å². The molecule has 0 bridgehead atoms. The molecule has 1 heterocycles. The highest BCUT2D eigenvalue weighted by molar-refractivity contribution is 4.84. The van der Waals surface area contributed by atoms with Gasteiger partial charge < -0.3 is 10.5 Å². The number of hydrogen-bond donors (Lipinski definition) is 1. The summed E-state index contributed by atoms with van der Waals surface area (Å²) in [5.74, 6) is 2.48. The molecule has 2 nitrogen and oxygen atoms in total. The van der Waals surface area contributed by atoms with Crippen LogP contribution in [0.15, 0.2) is 0 Å². The summed E-state index contributed by atoms with van der Waals surface area (Å²) >= 11 is 0. The molecule has 0 amide bonds. The highest BCUT2D eigenvalue weighted by Crippen LogP contribution is 2.36. The summed E-state index contributed by atoms with van der Waals surface area (Å²) in [5, 5.41) is 0.